The Morgan fingerprint density at radius 1 is 1.16 bits per heavy atom. The van der Waals surface area contributed by atoms with Gasteiger partial charge in [0.1, 0.15) is 5.82 Å². The number of anilines is 2. The van der Waals surface area contributed by atoms with E-state index in [0.29, 0.717) is 41.1 Å². The Hall–Kier alpha value is -1.82. The van der Waals surface area contributed by atoms with Crippen LogP contribution in [0.3, 0.4) is 0 Å². The Balaban J connectivity index is 1.52. The molecule has 1 heterocycles. The maximum Gasteiger partial charge on any atom is 0.279 e. The van der Waals surface area contributed by atoms with Gasteiger partial charge in [0.2, 0.25) is 0 Å². The van der Waals surface area contributed by atoms with E-state index in [1.54, 1.807) is 30.3 Å². The zero-order valence-corrected chi connectivity index (χ0v) is 15.1. The summed E-state index contributed by atoms with van der Waals surface area (Å²) in [4.78, 5) is 15.4. The summed E-state index contributed by atoms with van der Waals surface area (Å²) in [6, 6.07) is 11.7. The number of quaternary nitrogens is 1. The van der Waals surface area contributed by atoms with Gasteiger partial charge in [0.05, 0.1) is 42.6 Å². The molecule has 7 heteroatoms. The number of carbonyl (C=O) groups excluding carboxylic acids is 1. The topological polar surface area (TPSA) is 36.8 Å². The number of hydrogen-bond acceptors (Lipinski definition) is 2. The number of carbonyl (C=O) groups is 1. The molecule has 0 radical (unpaired) electrons. The highest BCUT2D eigenvalue weighted by atomic mass is 35.5. The van der Waals surface area contributed by atoms with Crippen LogP contribution < -0.4 is 15.1 Å². The van der Waals surface area contributed by atoms with E-state index >= 15 is 0 Å². The summed E-state index contributed by atoms with van der Waals surface area (Å²) >= 11 is 11.9. The Kier molecular flexibility index (Phi) is 5.78. The molecule has 0 spiro atoms. The average Bonchev–Trinajstić information content (AvgIpc) is 2.59. The summed E-state index contributed by atoms with van der Waals surface area (Å²) in [6.07, 6.45) is 0. The molecule has 2 N–H and O–H groups in total. The summed E-state index contributed by atoms with van der Waals surface area (Å²) in [5.41, 5.74) is 1.18. The summed E-state index contributed by atoms with van der Waals surface area (Å²) in [6.45, 7) is 3.33. The fourth-order valence-electron chi connectivity index (χ4n) is 2.96. The molecule has 132 valence electrons. The van der Waals surface area contributed by atoms with Crippen LogP contribution in [0.2, 0.25) is 10.0 Å². The second-order valence-corrected chi connectivity index (χ2v) is 6.88. The van der Waals surface area contributed by atoms with Crippen molar-refractivity contribution in [2.45, 2.75) is 0 Å². The Morgan fingerprint density at radius 2 is 1.88 bits per heavy atom. The Labute approximate surface area is 156 Å². The smallest absolute Gasteiger partial charge is 0.279 e. The highest BCUT2D eigenvalue weighted by molar-refractivity contribution is 6.36. The SMILES string of the molecule is O=C(C[NH+]1CCN(c2ccccc2F)CC1)Nc1ccc(Cl)cc1Cl. The van der Waals surface area contributed by atoms with E-state index in [-0.39, 0.29) is 11.7 Å². The van der Waals surface area contributed by atoms with Crippen LogP contribution in [0.15, 0.2) is 42.5 Å². The van der Waals surface area contributed by atoms with Gasteiger partial charge in [-0.05, 0) is 30.3 Å². The molecule has 4 nitrogen and oxygen atoms in total. The van der Waals surface area contributed by atoms with E-state index in [4.69, 9.17) is 23.2 Å². The van der Waals surface area contributed by atoms with Crippen LogP contribution in [0.1, 0.15) is 0 Å². The van der Waals surface area contributed by atoms with E-state index in [0.717, 1.165) is 18.0 Å². The van der Waals surface area contributed by atoms with Crippen molar-refractivity contribution in [3.8, 4) is 0 Å². The van der Waals surface area contributed by atoms with Gasteiger partial charge < -0.3 is 15.1 Å². The molecule has 0 bridgehead atoms. The van der Waals surface area contributed by atoms with E-state index < -0.39 is 0 Å². The van der Waals surface area contributed by atoms with Crippen LogP contribution in [-0.2, 0) is 4.79 Å². The molecule has 1 saturated heterocycles. The fourth-order valence-corrected chi connectivity index (χ4v) is 3.42. The number of nitrogens with zero attached hydrogens (tertiary/aromatic N) is 1. The van der Waals surface area contributed by atoms with Crippen molar-refractivity contribution in [1.29, 1.82) is 0 Å². The predicted octanol–water partition coefficient (Wildman–Crippen LogP) is 2.48. The number of piperazine rings is 1. The van der Waals surface area contributed by atoms with Crippen molar-refractivity contribution < 1.29 is 14.1 Å². The van der Waals surface area contributed by atoms with Crippen molar-refractivity contribution >= 4 is 40.5 Å². The van der Waals surface area contributed by atoms with Gasteiger partial charge in [-0.1, -0.05) is 35.3 Å². The number of nitrogens with one attached hydrogen (secondary N) is 2. The number of benzene rings is 2. The molecule has 0 atom stereocenters. The minimum atomic E-state index is -0.207. The molecule has 1 fully saturated rings. The number of para-hydroxylation sites is 1. The molecule has 0 aliphatic carbocycles. The Bertz CT molecular complexity index is 764. The maximum atomic E-state index is 13.9. The van der Waals surface area contributed by atoms with Crippen LogP contribution in [0, 0.1) is 5.82 Å². The second kappa shape index (κ2) is 8.04. The van der Waals surface area contributed by atoms with Gasteiger partial charge in [-0.25, -0.2) is 4.39 Å². The van der Waals surface area contributed by atoms with Gasteiger partial charge in [-0.3, -0.25) is 4.79 Å². The third kappa shape index (κ3) is 4.63. The van der Waals surface area contributed by atoms with Gasteiger partial charge in [0, 0.05) is 5.02 Å². The minimum absolute atomic E-state index is 0.0986. The van der Waals surface area contributed by atoms with Crippen molar-refractivity contribution in [1.82, 2.24) is 0 Å². The maximum absolute atomic E-state index is 13.9. The highest BCUT2D eigenvalue weighted by Gasteiger charge is 2.23. The standard InChI is InChI=1S/C18H18Cl2FN3O/c19-13-5-6-16(14(20)11-13)22-18(25)12-23-7-9-24(10-8-23)17-4-2-1-3-15(17)21/h1-6,11H,7-10,12H2,(H,22,25)/p+1. The molecule has 1 amide bonds. The number of rotatable bonds is 4. The third-order valence-electron chi connectivity index (χ3n) is 4.28. The summed E-state index contributed by atoms with van der Waals surface area (Å²) in [7, 11) is 0. The van der Waals surface area contributed by atoms with Crippen LogP contribution >= 0.6 is 23.2 Å². The van der Waals surface area contributed by atoms with Gasteiger partial charge in [0.15, 0.2) is 6.54 Å². The molecule has 2 aromatic carbocycles. The number of hydrogen-bond donors (Lipinski definition) is 2. The van der Waals surface area contributed by atoms with Crippen LogP contribution in [0.25, 0.3) is 0 Å². The predicted molar refractivity (Wildman–Crippen MR) is 99.3 cm³/mol. The lowest BCUT2D eigenvalue weighted by Gasteiger charge is -2.33. The quantitative estimate of drug-likeness (QED) is 0.851. The zero-order valence-electron chi connectivity index (χ0n) is 13.6. The first-order chi connectivity index (χ1) is 12.0. The van der Waals surface area contributed by atoms with Crippen molar-refractivity contribution in [3.63, 3.8) is 0 Å². The van der Waals surface area contributed by atoms with Crippen LogP contribution in [0.4, 0.5) is 15.8 Å². The lowest BCUT2D eigenvalue weighted by Crippen LogP contribution is -3.15. The largest absolute Gasteiger partial charge is 0.358 e. The number of amides is 1. The van der Waals surface area contributed by atoms with Crippen molar-refractivity contribution in [2.75, 3.05) is 42.9 Å². The highest BCUT2D eigenvalue weighted by Crippen LogP contribution is 2.25. The minimum Gasteiger partial charge on any atom is -0.358 e. The van der Waals surface area contributed by atoms with Crippen LogP contribution in [-0.4, -0.2) is 38.6 Å². The molecule has 0 saturated carbocycles. The van der Waals surface area contributed by atoms with Crippen LogP contribution in [0.5, 0.6) is 0 Å². The normalized spacial score (nSPS) is 15.2. The van der Waals surface area contributed by atoms with Gasteiger partial charge >= 0.3 is 0 Å². The van der Waals surface area contributed by atoms with Crippen molar-refractivity contribution in [3.05, 3.63) is 58.3 Å². The Morgan fingerprint density at radius 3 is 2.56 bits per heavy atom. The zero-order chi connectivity index (χ0) is 17.8. The molecule has 25 heavy (non-hydrogen) atoms. The summed E-state index contributed by atoms with van der Waals surface area (Å²) in [5.74, 6) is -0.306. The first kappa shape index (κ1) is 18.0. The molecule has 0 unspecified atom stereocenters. The third-order valence-corrected chi connectivity index (χ3v) is 4.83. The van der Waals surface area contributed by atoms with Gasteiger partial charge in [-0.2, -0.15) is 0 Å². The molecular formula is C18H19Cl2FN3O+. The molecular weight excluding hydrogens is 364 g/mol. The first-order valence-electron chi connectivity index (χ1n) is 8.11. The second-order valence-electron chi connectivity index (χ2n) is 6.04. The molecule has 1 aliphatic heterocycles. The lowest BCUT2D eigenvalue weighted by atomic mass is 10.2. The number of halogens is 3. The van der Waals surface area contributed by atoms with Gasteiger partial charge in [-0.15, -0.1) is 0 Å². The van der Waals surface area contributed by atoms with E-state index in [1.165, 1.54) is 6.07 Å². The molecule has 1 aliphatic rings. The van der Waals surface area contributed by atoms with Gasteiger partial charge in [0.25, 0.3) is 5.91 Å². The summed E-state index contributed by atoms with van der Waals surface area (Å²) < 4.78 is 13.9. The fraction of sp³-hybridized carbons (Fsp3) is 0.278. The van der Waals surface area contributed by atoms with E-state index in [2.05, 4.69) is 5.32 Å². The van der Waals surface area contributed by atoms with E-state index in [1.807, 2.05) is 11.0 Å². The first-order valence-corrected chi connectivity index (χ1v) is 8.86. The summed E-state index contributed by atoms with van der Waals surface area (Å²) in [5, 5.41) is 3.76. The average molecular weight is 383 g/mol. The van der Waals surface area contributed by atoms with Crippen molar-refractivity contribution in [2.24, 2.45) is 0 Å². The molecule has 0 aromatic heterocycles. The van der Waals surface area contributed by atoms with E-state index in [9.17, 15) is 9.18 Å². The monoisotopic (exact) mass is 382 g/mol. The lowest BCUT2D eigenvalue weighted by molar-refractivity contribution is -0.892. The molecule has 3 rings (SSSR count). The molecule has 2 aromatic rings.